The highest BCUT2D eigenvalue weighted by Crippen LogP contribution is 2.35. The van der Waals surface area contributed by atoms with Gasteiger partial charge in [0, 0.05) is 36.8 Å². The van der Waals surface area contributed by atoms with Gasteiger partial charge in [-0.1, -0.05) is 79.4 Å². The summed E-state index contributed by atoms with van der Waals surface area (Å²) in [5.74, 6) is -0.107. The Balaban J connectivity index is 1.37. The predicted molar refractivity (Wildman–Crippen MR) is 153 cm³/mol. The average molecular weight is 534 g/mol. The lowest BCUT2D eigenvalue weighted by atomic mass is 10.1. The largest absolute Gasteiger partial charge is 0.376 e. The van der Waals surface area contributed by atoms with E-state index in [1.165, 1.54) is 22.9 Å². The Labute approximate surface area is 227 Å². The van der Waals surface area contributed by atoms with Gasteiger partial charge < -0.3 is 14.6 Å². The van der Waals surface area contributed by atoms with Crippen molar-refractivity contribution in [3.05, 3.63) is 76.3 Å². The van der Waals surface area contributed by atoms with E-state index in [9.17, 15) is 9.59 Å². The van der Waals surface area contributed by atoms with E-state index in [1.807, 2.05) is 41.1 Å². The standard InChI is InChI=1S/C29H31N3O3S2/c1-2-21-10-6-12-24-22(18-31(27(21)24)19-26(33)30-17-23-11-7-15-35-23)16-25-28(34)32(29(36)37-25)14-13-20-8-4-3-5-9-20/h3-6,8-10,12,16,18,23H,2,7,11,13-15,17,19H2,1H3,(H,30,33)/b25-16-/t23-/m0/s1. The zero-order valence-electron chi connectivity index (χ0n) is 20.9. The van der Waals surface area contributed by atoms with Crippen molar-refractivity contribution in [2.75, 3.05) is 19.7 Å². The van der Waals surface area contributed by atoms with Crippen LogP contribution in [0.2, 0.25) is 0 Å². The molecule has 37 heavy (non-hydrogen) atoms. The zero-order chi connectivity index (χ0) is 25.8. The molecule has 0 aliphatic carbocycles. The van der Waals surface area contributed by atoms with Gasteiger partial charge in [-0.15, -0.1) is 0 Å². The van der Waals surface area contributed by atoms with Crippen molar-refractivity contribution in [1.82, 2.24) is 14.8 Å². The molecule has 1 atom stereocenters. The van der Waals surface area contributed by atoms with Gasteiger partial charge in [-0.3, -0.25) is 14.5 Å². The fourth-order valence-electron chi connectivity index (χ4n) is 4.95. The van der Waals surface area contributed by atoms with Crippen molar-refractivity contribution < 1.29 is 14.3 Å². The normalized spacial score (nSPS) is 18.9. The number of nitrogens with zero attached hydrogens (tertiary/aromatic N) is 2. The second-order valence-corrected chi connectivity index (χ2v) is 11.1. The Hall–Kier alpha value is -2.94. The highest BCUT2D eigenvalue weighted by atomic mass is 32.2. The summed E-state index contributed by atoms with van der Waals surface area (Å²) in [6.07, 6.45) is 7.64. The number of carbonyl (C=O) groups is 2. The summed E-state index contributed by atoms with van der Waals surface area (Å²) in [6, 6.07) is 16.3. The van der Waals surface area contributed by atoms with E-state index < -0.39 is 0 Å². The monoisotopic (exact) mass is 533 g/mol. The highest BCUT2D eigenvalue weighted by molar-refractivity contribution is 8.26. The average Bonchev–Trinajstić information content (AvgIpc) is 3.62. The third kappa shape index (κ3) is 5.81. The second-order valence-electron chi connectivity index (χ2n) is 9.39. The fraction of sp³-hybridized carbons (Fsp3) is 0.345. The van der Waals surface area contributed by atoms with Crippen molar-refractivity contribution in [1.29, 1.82) is 0 Å². The first kappa shape index (κ1) is 25.7. The van der Waals surface area contributed by atoms with Gasteiger partial charge in [0.05, 0.1) is 16.5 Å². The van der Waals surface area contributed by atoms with E-state index in [0.717, 1.165) is 48.8 Å². The second kappa shape index (κ2) is 11.6. The molecule has 2 saturated heterocycles. The van der Waals surface area contributed by atoms with Gasteiger partial charge in [0.15, 0.2) is 0 Å². The number of hydrogen-bond acceptors (Lipinski definition) is 5. The van der Waals surface area contributed by atoms with Crippen LogP contribution in [0, 0.1) is 0 Å². The lowest BCUT2D eigenvalue weighted by Gasteiger charge is -2.14. The summed E-state index contributed by atoms with van der Waals surface area (Å²) in [7, 11) is 0. The quantitative estimate of drug-likeness (QED) is 0.312. The van der Waals surface area contributed by atoms with Crippen molar-refractivity contribution in [3.63, 3.8) is 0 Å². The number of carbonyl (C=O) groups excluding carboxylic acids is 2. The number of aryl methyl sites for hydroxylation is 1. The molecule has 192 valence electrons. The fourth-order valence-corrected chi connectivity index (χ4v) is 6.25. The molecule has 0 bridgehead atoms. The topological polar surface area (TPSA) is 63.6 Å². The van der Waals surface area contributed by atoms with Crippen LogP contribution in [-0.2, 0) is 33.7 Å². The molecule has 0 unspecified atom stereocenters. The maximum atomic E-state index is 13.3. The Morgan fingerprint density at radius 2 is 2.05 bits per heavy atom. The molecule has 6 nitrogen and oxygen atoms in total. The van der Waals surface area contributed by atoms with Gasteiger partial charge in [0.2, 0.25) is 5.91 Å². The summed E-state index contributed by atoms with van der Waals surface area (Å²) >= 11 is 6.90. The van der Waals surface area contributed by atoms with E-state index in [4.69, 9.17) is 17.0 Å². The SMILES string of the molecule is CCc1cccc2c(/C=C3\SC(=S)N(CCc4ccccc4)C3=O)cn(CC(=O)NC[C@@H]3CCCO3)c12. The molecule has 1 N–H and O–H groups in total. The van der Waals surface area contributed by atoms with Gasteiger partial charge in [-0.2, -0.15) is 0 Å². The van der Waals surface area contributed by atoms with E-state index in [0.29, 0.717) is 22.3 Å². The molecule has 3 heterocycles. The predicted octanol–water partition coefficient (Wildman–Crippen LogP) is 4.94. The van der Waals surface area contributed by atoms with Crippen molar-refractivity contribution in [2.24, 2.45) is 0 Å². The molecule has 0 spiro atoms. The van der Waals surface area contributed by atoms with Gasteiger partial charge in [0.25, 0.3) is 5.91 Å². The summed E-state index contributed by atoms with van der Waals surface area (Å²) in [5, 5.41) is 4.05. The van der Waals surface area contributed by atoms with Crippen molar-refractivity contribution >= 4 is 57.1 Å². The first-order chi connectivity index (χ1) is 18.0. The number of thioether (sulfide) groups is 1. The summed E-state index contributed by atoms with van der Waals surface area (Å²) in [5.41, 5.74) is 4.29. The van der Waals surface area contributed by atoms with Gasteiger partial charge in [-0.05, 0) is 42.9 Å². The van der Waals surface area contributed by atoms with Crippen LogP contribution in [0.15, 0.2) is 59.6 Å². The van der Waals surface area contributed by atoms with E-state index in [2.05, 4.69) is 36.5 Å². The smallest absolute Gasteiger partial charge is 0.266 e. The zero-order valence-corrected chi connectivity index (χ0v) is 22.6. The number of ether oxygens (including phenoxy) is 1. The molecule has 2 aliphatic heterocycles. The van der Waals surface area contributed by atoms with E-state index >= 15 is 0 Å². The molecule has 1 aromatic heterocycles. The van der Waals surface area contributed by atoms with Crippen LogP contribution in [0.5, 0.6) is 0 Å². The third-order valence-electron chi connectivity index (χ3n) is 6.89. The van der Waals surface area contributed by atoms with E-state index in [-0.39, 0.29) is 24.5 Å². The van der Waals surface area contributed by atoms with Crippen LogP contribution in [0.1, 0.15) is 36.5 Å². The van der Waals surface area contributed by atoms with Crippen LogP contribution < -0.4 is 5.32 Å². The van der Waals surface area contributed by atoms with Crippen LogP contribution in [-0.4, -0.2) is 51.4 Å². The molecule has 5 rings (SSSR count). The number of fused-ring (bicyclic) bond motifs is 1. The van der Waals surface area contributed by atoms with Gasteiger partial charge in [0.1, 0.15) is 10.9 Å². The molecule has 8 heteroatoms. The van der Waals surface area contributed by atoms with E-state index in [1.54, 1.807) is 4.90 Å². The Morgan fingerprint density at radius 1 is 1.22 bits per heavy atom. The van der Waals surface area contributed by atoms with Crippen LogP contribution in [0.4, 0.5) is 0 Å². The van der Waals surface area contributed by atoms with Gasteiger partial charge >= 0.3 is 0 Å². The minimum Gasteiger partial charge on any atom is -0.376 e. The molecule has 2 amide bonds. The highest BCUT2D eigenvalue weighted by Gasteiger charge is 2.32. The maximum Gasteiger partial charge on any atom is 0.266 e. The Bertz CT molecular complexity index is 1340. The Kier molecular flexibility index (Phi) is 8.08. The first-order valence-corrected chi connectivity index (χ1v) is 14.0. The number of thiocarbonyl (C=S) groups is 1. The maximum absolute atomic E-state index is 13.3. The molecule has 2 fully saturated rings. The molecular weight excluding hydrogens is 502 g/mol. The lowest BCUT2D eigenvalue weighted by Crippen LogP contribution is -2.34. The van der Waals surface area contributed by atoms with Crippen LogP contribution in [0.25, 0.3) is 17.0 Å². The molecule has 3 aromatic rings. The summed E-state index contributed by atoms with van der Waals surface area (Å²) in [4.78, 5) is 28.4. The number of nitrogens with one attached hydrogen (secondary N) is 1. The Morgan fingerprint density at radius 3 is 2.81 bits per heavy atom. The summed E-state index contributed by atoms with van der Waals surface area (Å²) < 4.78 is 8.21. The molecule has 0 saturated carbocycles. The number of hydrogen-bond donors (Lipinski definition) is 1. The number of amides is 2. The molecule has 0 radical (unpaired) electrons. The van der Waals surface area contributed by atoms with Crippen molar-refractivity contribution in [2.45, 2.75) is 45.3 Å². The molecule has 2 aliphatic rings. The number of benzene rings is 2. The van der Waals surface area contributed by atoms with Crippen LogP contribution in [0.3, 0.4) is 0 Å². The third-order valence-corrected chi connectivity index (χ3v) is 8.26. The van der Waals surface area contributed by atoms with Crippen LogP contribution >= 0.6 is 24.0 Å². The molecule has 2 aromatic carbocycles. The molecular formula is C29H31N3O3S2. The first-order valence-electron chi connectivity index (χ1n) is 12.8. The van der Waals surface area contributed by atoms with Crippen molar-refractivity contribution in [3.8, 4) is 0 Å². The lowest BCUT2D eigenvalue weighted by molar-refractivity contribution is -0.122. The number of rotatable bonds is 9. The minimum absolute atomic E-state index is 0.0444. The number of aromatic nitrogens is 1. The van der Waals surface area contributed by atoms with Gasteiger partial charge in [-0.25, -0.2) is 0 Å². The minimum atomic E-state index is -0.0622. The summed E-state index contributed by atoms with van der Waals surface area (Å²) in [6.45, 7) is 4.19. The number of para-hydroxylation sites is 1.